The van der Waals surface area contributed by atoms with Gasteiger partial charge in [-0.3, -0.25) is 14.4 Å². The molecule has 0 aromatic heterocycles. The van der Waals surface area contributed by atoms with E-state index in [1.165, 1.54) is 12.8 Å². The Balaban J connectivity index is 0.000000125. The van der Waals surface area contributed by atoms with Crippen LogP contribution >= 0.6 is 23.2 Å². The number of hydrogen-bond acceptors (Lipinski definition) is 9. The number of Topliss-reactive ketones (excluding diaryl/α,β-unsaturated/α-hetero) is 2. The molecule has 308 valence electrons. The van der Waals surface area contributed by atoms with Gasteiger partial charge in [-0.1, -0.05) is 123 Å². The fourth-order valence-corrected chi connectivity index (χ4v) is 13.0. The van der Waals surface area contributed by atoms with Gasteiger partial charge in [0.1, 0.15) is 11.7 Å². The second-order valence-electron chi connectivity index (χ2n) is 18.0. The van der Waals surface area contributed by atoms with Gasteiger partial charge in [-0.2, -0.15) is 0 Å². The van der Waals surface area contributed by atoms with Gasteiger partial charge in [-0.25, -0.2) is 25.0 Å². The predicted octanol–water partition coefficient (Wildman–Crippen LogP) is 8.37. The zero-order valence-corrected chi connectivity index (χ0v) is 41.7. The molecule has 12 rings (SSSR count). The number of benzene rings is 2. The standard InChI is InChI=1S/C18H17N2O2.C18H17N2O.C11H15Cl2NO.2Y/c1-12-7-8-15-14(11-12)16(21)18(22)9-10-20(17(18)19-15)13-5-3-2-4-6-13;1-12-7-8-16-15(11-12)17(21)14-9-10-20(18(14)19-16)13-5-3-2-4-6-13;1-8(2)7-3-4-9(8)5-6-14-11(9,15-14)10(7,12)13;;/h2-8,11-12,22H,9-10H2,1H3;2-8,11-12,14H,9-10H2,1H3;7H,3-6H2,1-2H3;;/q2*-1;;;/t12?,18-;;;;/m1..../s1. The van der Waals surface area contributed by atoms with Gasteiger partial charge in [-0.15, -0.1) is 5.06 Å². The summed E-state index contributed by atoms with van der Waals surface area (Å²) in [4.78, 5) is 44.9. The molecule has 60 heavy (non-hydrogen) atoms. The number of aliphatic hydroxyl groups is 1. The summed E-state index contributed by atoms with van der Waals surface area (Å²) < 4.78 is -0.703. The van der Waals surface area contributed by atoms with Crippen LogP contribution in [0.15, 0.2) is 117 Å². The number of halogens is 2. The number of carbonyl (C=O) groups excluding carboxylic acids is 2. The molecule has 13 heteroatoms. The molecule has 6 heterocycles. The number of anilines is 2. The fourth-order valence-electron chi connectivity index (χ4n) is 11.6. The maximum atomic E-state index is 12.8. The van der Waals surface area contributed by atoms with Gasteiger partial charge in [-0.05, 0) is 66.5 Å². The van der Waals surface area contributed by atoms with Crippen LogP contribution in [0.3, 0.4) is 0 Å². The Kier molecular flexibility index (Phi) is 11.9. The van der Waals surface area contributed by atoms with Gasteiger partial charge in [0, 0.05) is 114 Å². The molecular weight excluding hydrogens is 947 g/mol. The Bertz CT molecular complexity index is 2280. The van der Waals surface area contributed by atoms with Crippen molar-refractivity contribution in [1.82, 2.24) is 5.06 Å². The first-order chi connectivity index (χ1) is 27.7. The molecule has 7 unspecified atom stereocenters. The predicted molar refractivity (Wildman–Crippen MR) is 228 cm³/mol. The van der Waals surface area contributed by atoms with Gasteiger partial charge in [0.05, 0.1) is 5.92 Å². The summed E-state index contributed by atoms with van der Waals surface area (Å²) in [6, 6.07) is 20.0. The SMILES string of the molecule is CC1(C)C2CCC13CCN1OC13C2(Cl)Cl.CC1C=C2C(=O)C3CCN(c4ccccc4)C3=NC2=C[CH-]1.CC1C=C2C(=O)[C@]3(O)CCN(c4ccccc4)C3=NC2=C[CH-]1.[Y].[Y]. The van der Waals surface area contributed by atoms with Crippen molar-refractivity contribution in [3.05, 3.63) is 120 Å². The number of nitrogens with zero attached hydrogens (tertiary/aromatic N) is 5. The van der Waals surface area contributed by atoms with Crippen LogP contribution in [0.25, 0.3) is 0 Å². The van der Waals surface area contributed by atoms with Crippen LogP contribution in [-0.4, -0.2) is 68.7 Å². The maximum absolute atomic E-state index is 12.8. The molecule has 4 saturated heterocycles. The van der Waals surface area contributed by atoms with E-state index in [1.807, 2.05) is 96.1 Å². The number of amidine groups is 2. The smallest absolute Gasteiger partial charge is 0.203 e. The average Bonchev–Trinajstić information content (AvgIpc) is 3.47. The summed E-state index contributed by atoms with van der Waals surface area (Å²) >= 11 is 13.3. The summed E-state index contributed by atoms with van der Waals surface area (Å²) in [5.74, 6) is 2.20. The molecule has 10 aliphatic rings. The summed E-state index contributed by atoms with van der Waals surface area (Å²) in [5.41, 5.74) is 3.50. The molecule has 2 spiro atoms. The van der Waals surface area contributed by atoms with Crippen molar-refractivity contribution >= 4 is 57.8 Å². The third-order valence-corrected chi connectivity index (χ3v) is 15.7. The normalized spacial score (nSPS) is 35.9. The molecule has 2 saturated carbocycles. The Hall–Kier alpha value is -1.91. The Morgan fingerprint density at radius 3 is 1.98 bits per heavy atom. The monoisotopic (exact) mass is 995 g/mol. The van der Waals surface area contributed by atoms with Crippen LogP contribution in [-0.2, 0) is 79.8 Å². The largest absolute Gasteiger partial charge is 0.374 e. The van der Waals surface area contributed by atoms with Crippen molar-refractivity contribution in [2.45, 2.75) is 75.5 Å². The van der Waals surface area contributed by atoms with E-state index in [0.29, 0.717) is 41.9 Å². The van der Waals surface area contributed by atoms with E-state index in [1.54, 1.807) is 0 Å². The molecule has 8 atom stereocenters. The molecule has 9 nitrogen and oxygen atoms in total. The third-order valence-electron chi connectivity index (χ3n) is 14.7. The van der Waals surface area contributed by atoms with E-state index in [-0.39, 0.29) is 105 Å². The first kappa shape index (κ1) is 44.7. The van der Waals surface area contributed by atoms with Crippen LogP contribution in [0.5, 0.6) is 0 Å². The Morgan fingerprint density at radius 2 is 1.37 bits per heavy atom. The fraction of sp³-hybridized carbons (Fsp3) is 0.447. The summed E-state index contributed by atoms with van der Waals surface area (Å²) in [7, 11) is 0. The van der Waals surface area contributed by atoms with E-state index >= 15 is 0 Å². The number of fused-ring (bicyclic) bond motifs is 5. The topological polar surface area (TPSA) is 101 Å². The van der Waals surface area contributed by atoms with Gasteiger partial charge in [0.2, 0.25) is 5.72 Å². The van der Waals surface area contributed by atoms with Crippen molar-refractivity contribution in [3.63, 3.8) is 0 Å². The molecule has 2 aromatic carbocycles. The van der Waals surface area contributed by atoms with Crippen molar-refractivity contribution in [1.29, 1.82) is 0 Å². The quantitative estimate of drug-likeness (QED) is 0.184. The minimum absolute atomic E-state index is 0. The number of alkyl halides is 2. The van der Waals surface area contributed by atoms with Gasteiger partial charge >= 0.3 is 0 Å². The second kappa shape index (κ2) is 16.0. The number of carbonyl (C=O) groups is 2. The van der Waals surface area contributed by atoms with Crippen LogP contribution in [0.1, 0.15) is 59.8 Å². The van der Waals surface area contributed by atoms with Crippen molar-refractivity contribution in [2.75, 3.05) is 29.4 Å². The van der Waals surface area contributed by atoms with Crippen LogP contribution in [0.4, 0.5) is 11.4 Å². The summed E-state index contributed by atoms with van der Waals surface area (Å²) in [6.07, 6.45) is 16.7. The van der Waals surface area contributed by atoms with Crippen molar-refractivity contribution < 1.29 is 85.0 Å². The molecule has 2 radical (unpaired) electrons. The van der Waals surface area contributed by atoms with E-state index in [4.69, 9.17) is 33.0 Å². The average molecular weight is 997 g/mol. The van der Waals surface area contributed by atoms with Crippen LogP contribution in [0.2, 0.25) is 0 Å². The molecular formula is C47H49Cl2N5O4Y2-2. The molecule has 6 fully saturated rings. The zero-order valence-electron chi connectivity index (χ0n) is 34.5. The van der Waals surface area contributed by atoms with Crippen molar-refractivity contribution in [3.8, 4) is 0 Å². The molecule has 1 N–H and O–H groups in total. The van der Waals surface area contributed by atoms with Crippen molar-refractivity contribution in [2.24, 2.45) is 44.5 Å². The number of para-hydroxylation sites is 2. The number of rotatable bonds is 2. The number of ketones is 2. The number of hydroxylamine groups is 2. The summed E-state index contributed by atoms with van der Waals surface area (Å²) in [6.45, 7) is 11.2. The second-order valence-corrected chi connectivity index (χ2v) is 19.4. The van der Waals surface area contributed by atoms with Gasteiger partial charge in [0.25, 0.3) is 0 Å². The minimum atomic E-state index is -1.49. The Labute approximate surface area is 413 Å². The number of aliphatic imine (C=N–C) groups is 2. The molecule has 0 amide bonds. The minimum Gasteiger partial charge on any atom is -0.374 e. The first-order valence-electron chi connectivity index (χ1n) is 20.8. The number of hydrogen-bond donors (Lipinski definition) is 1. The molecule has 6 aliphatic heterocycles. The molecule has 2 aromatic rings. The van der Waals surface area contributed by atoms with E-state index in [2.05, 4.69) is 49.2 Å². The third kappa shape index (κ3) is 6.40. The molecule has 4 aliphatic carbocycles. The van der Waals surface area contributed by atoms with Gasteiger partial charge in [0.15, 0.2) is 21.5 Å². The van der Waals surface area contributed by atoms with Crippen LogP contribution in [0, 0.1) is 47.3 Å². The zero-order chi connectivity index (χ0) is 40.4. The Morgan fingerprint density at radius 1 is 0.767 bits per heavy atom. The first-order valence-corrected chi connectivity index (χ1v) is 21.5. The van der Waals surface area contributed by atoms with Crippen LogP contribution < -0.4 is 9.80 Å². The van der Waals surface area contributed by atoms with E-state index in [9.17, 15) is 14.7 Å². The summed E-state index contributed by atoms with van der Waals surface area (Å²) in [5, 5.41) is 13.0. The number of allylic oxidation sites excluding steroid dienone is 6. The van der Waals surface area contributed by atoms with E-state index < -0.39 is 9.93 Å². The van der Waals surface area contributed by atoms with Gasteiger partial charge < -0.3 is 24.9 Å². The molecule has 2 bridgehead atoms. The van der Waals surface area contributed by atoms with E-state index in [0.717, 1.165) is 54.4 Å². The maximum Gasteiger partial charge on any atom is 0.203 e.